The van der Waals surface area contributed by atoms with Gasteiger partial charge in [0.1, 0.15) is 6.04 Å². The van der Waals surface area contributed by atoms with Crippen LogP contribution in [0.2, 0.25) is 10.0 Å². The number of Topliss-reactive ketones (excluding diaryl/α,β-unsaturated/α-hetero) is 1. The minimum absolute atomic E-state index is 0.0567. The Labute approximate surface area is 114 Å². The number of rotatable bonds is 1. The maximum absolute atomic E-state index is 11.6. The molecule has 3 rings (SSSR count). The van der Waals surface area contributed by atoms with Crippen molar-refractivity contribution in [2.75, 3.05) is 0 Å². The molecule has 1 unspecified atom stereocenters. The van der Waals surface area contributed by atoms with Gasteiger partial charge in [-0.2, -0.15) is 0 Å². The molecule has 5 heteroatoms. The molecule has 0 spiro atoms. The van der Waals surface area contributed by atoms with E-state index in [-0.39, 0.29) is 11.8 Å². The first kappa shape index (κ1) is 11.6. The van der Waals surface area contributed by atoms with E-state index in [4.69, 9.17) is 23.2 Å². The van der Waals surface area contributed by atoms with Gasteiger partial charge < -0.3 is 0 Å². The van der Waals surface area contributed by atoms with E-state index in [0.717, 1.165) is 16.8 Å². The molecule has 0 N–H and O–H groups in total. The Morgan fingerprint density at radius 2 is 2.06 bits per heavy atom. The van der Waals surface area contributed by atoms with Crippen LogP contribution in [0.15, 0.2) is 39.5 Å². The van der Waals surface area contributed by atoms with Crippen LogP contribution in [0, 0.1) is 0 Å². The fourth-order valence-electron chi connectivity index (χ4n) is 2.10. The predicted molar refractivity (Wildman–Crippen MR) is 72.8 cm³/mol. The first-order valence-electron chi connectivity index (χ1n) is 5.45. The van der Waals surface area contributed by atoms with Crippen molar-refractivity contribution in [2.24, 2.45) is 9.98 Å². The standard InChI is InChI=1S/C13H8Cl2N2O/c14-9-2-1-7(5-10(9)15)12-13-8(3-4-16-13)11(18)6-17-12/h1-2,4-6,12H,3H2. The van der Waals surface area contributed by atoms with Crippen molar-refractivity contribution in [1.29, 1.82) is 0 Å². The summed E-state index contributed by atoms with van der Waals surface area (Å²) in [6.45, 7) is 0. The highest BCUT2D eigenvalue weighted by Crippen LogP contribution is 2.37. The quantitative estimate of drug-likeness (QED) is 0.776. The fourth-order valence-corrected chi connectivity index (χ4v) is 2.40. The third kappa shape index (κ3) is 1.80. The van der Waals surface area contributed by atoms with E-state index < -0.39 is 0 Å². The summed E-state index contributed by atoms with van der Waals surface area (Å²) >= 11 is 11.9. The van der Waals surface area contributed by atoms with E-state index >= 15 is 0 Å². The van der Waals surface area contributed by atoms with Crippen LogP contribution >= 0.6 is 23.2 Å². The van der Waals surface area contributed by atoms with Gasteiger partial charge >= 0.3 is 0 Å². The Morgan fingerprint density at radius 1 is 1.22 bits per heavy atom. The highest BCUT2D eigenvalue weighted by atomic mass is 35.5. The molecular formula is C13H8Cl2N2O. The topological polar surface area (TPSA) is 41.8 Å². The molecule has 0 aromatic heterocycles. The predicted octanol–water partition coefficient (Wildman–Crippen LogP) is 3.42. The van der Waals surface area contributed by atoms with E-state index in [9.17, 15) is 4.79 Å². The molecule has 2 aliphatic rings. The van der Waals surface area contributed by atoms with Crippen LogP contribution in [0.3, 0.4) is 0 Å². The lowest BCUT2D eigenvalue weighted by molar-refractivity contribution is -0.109. The molecule has 3 nitrogen and oxygen atoms in total. The lowest BCUT2D eigenvalue weighted by Gasteiger charge is -2.17. The second kappa shape index (κ2) is 4.34. The number of dihydropyridines is 1. The van der Waals surface area contributed by atoms with Crippen LogP contribution in [-0.4, -0.2) is 18.2 Å². The van der Waals surface area contributed by atoms with Gasteiger partial charge in [-0.3, -0.25) is 14.8 Å². The van der Waals surface area contributed by atoms with Crippen LogP contribution in [0.5, 0.6) is 0 Å². The average Bonchev–Trinajstić information content (AvgIpc) is 2.83. The van der Waals surface area contributed by atoms with Crippen LogP contribution < -0.4 is 0 Å². The zero-order valence-electron chi connectivity index (χ0n) is 9.23. The third-order valence-electron chi connectivity index (χ3n) is 2.99. The summed E-state index contributed by atoms with van der Waals surface area (Å²) in [6.07, 6.45) is 3.68. The van der Waals surface area contributed by atoms with Gasteiger partial charge in [-0.25, -0.2) is 0 Å². The number of ketones is 1. The van der Waals surface area contributed by atoms with Crippen molar-refractivity contribution in [3.63, 3.8) is 0 Å². The minimum atomic E-state index is -0.258. The number of halogens is 2. The Hall–Kier alpha value is -1.45. The van der Waals surface area contributed by atoms with Gasteiger partial charge in [0.2, 0.25) is 5.78 Å². The number of allylic oxidation sites excluding steroid dienone is 1. The van der Waals surface area contributed by atoms with Gasteiger partial charge in [-0.1, -0.05) is 29.3 Å². The monoisotopic (exact) mass is 278 g/mol. The van der Waals surface area contributed by atoms with E-state index in [1.807, 2.05) is 6.07 Å². The fraction of sp³-hybridized carbons (Fsp3) is 0.154. The largest absolute Gasteiger partial charge is 0.288 e. The first-order chi connectivity index (χ1) is 8.66. The van der Waals surface area contributed by atoms with Crippen molar-refractivity contribution >= 4 is 41.4 Å². The maximum Gasteiger partial charge on any atom is 0.201 e. The minimum Gasteiger partial charge on any atom is -0.288 e. The molecule has 1 aromatic rings. The molecule has 0 aliphatic carbocycles. The van der Waals surface area contributed by atoms with Crippen molar-refractivity contribution in [1.82, 2.24) is 0 Å². The number of nitrogens with zero attached hydrogens (tertiary/aromatic N) is 2. The summed E-state index contributed by atoms with van der Waals surface area (Å²) in [6, 6.07) is 5.08. The number of hydrogen-bond acceptors (Lipinski definition) is 3. The lowest BCUT2D eigenvalue weighted by atomic mass is 9.96. The molecular weight excluding hydrogens is 271 g/mol. The Bertz CT molecular complexity index is 632. The van der Waals surface area contributed by atoms with Crippen molar-refractivity contribution < 1.29 is 4.79 Å². The summed E-state index contributed by atoms with van der Waals surface area (Å²) < 4.78 is 0. The van der Waals surface area contributed by atoms with Gasteiger partial charge in [0.25, 0.3) is 0 Å². The van der Waals surface area contributed by atoms with E-state index in [0.29, 0.717) is 16.5 Å². The highest BCUT2D eigenvalue weighted by molar-refractivity contribution is 6.42. The molecule has 0 radical (unpaired) electrons. The van der Waals surface area contributed by atoms with Gasteiger partial charge in [0.15, 0.2) is 0 Å². The summed E-state index contributed by atoms with van der Waals surface area (Å²) in [4.78, 5) is 20.1. The van der Waals surface area contributed by atoms with E-state index in [1.54, 1.807) is 18.3 Å². The molecule has 2 aliphatic heterocycles. The van der Waals surface area contributed by atoms with Crippen molar-refractivity contribution in [3.05, 3.63) is 45.1 Å². The summed E-state index contributed by atoms with van der Waals surface area (Å²) in [5.74, 6) is -0.0567. The molecule has 0 saturated carbocycles. The van der Waals surface area contributed by atoms with Crippen LogP contribution in [0.4, 0.5) is 0 Å². The third-order valence-corrected chi connectivity index (χ3v) is 3.73. The molecule has 2 heterocycles. The maximum atomic E-state index is 11.6. The van der Waals surface area contributed by atoms with Gasteiger partial charge in [0.05, 0.1) is 22.0 Å². The van der Waals surface area contributed by atoms with Crippen LogP contribution in [0.25, 0.3) is 0 Å². The number of benzene rings is 1. The molecule has 0 bridgehead atoms. The van der Waals surface area contributed by atoms with E-state index in [1.165, 1.54) is 6.21 Å². The van der Waals surface area contributed by atoms with Crippen LogP contribution in [0.1, 0.15) is 18.0 Å². The average molecular weight is 279 g/mol. The highest BCUT2D eigenvalue weighted by Gasteiger charge is 2.28. The van der Waals surface area contributed by atoms with Gasteiger partial charge in [0, 0.05) is 18.2 Å². The van der Waals surface area contributed by atoms with Gasteiger partial charge in [-0.05, 0) is 17.7 Å². The van der Waals surface area contributed by atoms with E-state index in [2.05, 4.69) is 9.98 Å². The lowest BCUT2D eigenvalue weighted by Crippen LogP contribution is -2.14. The molecule has 18 heavy (non-hydrogen) atoms. The molecule has 0 fully saturated rings. The normalized spacial score (nSPS) is 21.7. The van der Waals surface area contributed by atoms with Gasteiger partial charge in [-0.15, -0.1) is 0 Å². The van der Waals surface area contributed by atoms with Crippen molar-refractivity contribution in [2.45, 2.75) is 12.5 Å². The smallest absolute Gasteiger partial charge is 0.201 e. The summed E-state index contributed by atoms with van der Waals surface area (Å²) in [5, 5.41) is 0.978. The zero-order chi connectivity index (χ0) is 12.7. The molecule has 0 saturated heterocycles. The summed E-state index contributed by atoms with van der Waals surface area (Å²) in [7, 11) is 0. The molecule has 1 aromatic carbocycles. The Balaban J connectivity index is 2.06. The zero-order valence-corrected chi connectivity index (χ0v) is 10.7. The van der Waals surface area contributed by atoms with Crippen molar-refractivity contribution in [3.8, 4) is 0 Å². The second-order valence-electron chi connectivity index (χ2n) is 4.10. The SMILES string of the molecule is O=C1C=NC(c2ccc(Cl)c(Cl)c2)C2=C1CC=N2. The number of carbonyl (C=O) groups is 1. The Kier molecular flexibility index (Phi) is 2.80. The second-order valence-corrected chi connectivity index (χ2v) is 4.91. The number of aliphatic imine (C=N–C) groups is 2. The summed E-state index contributed by atoms with van der Waals surface area (Å²) in [5.41, 5.74) is 2.33. The number of hydrogen-bond donors (Lipinski definition) is 0. The first-order valence-corrected chi connectivity index (χ1v) is 6.20. The molecule has 0 amide bonds. The Morgan fingerprint density at radius 3 is 2.83 bits per heavy atom. The molecule has 1 atom stereocenters. The van der Waals surface area contributed by atoms with Crippen LogP contribution in [-0.2, 0) is 4.79 Å². The number of carbonyl (C=O) groups excluding carboxylic acids is 1. The molecule has 90 valence electrons.